The summed E-state index contributed by atoms with van der Waals surface area (Å²) in [7, 11) is 0. The molecule has 1 atom stereocenters. The van der Waals surface area contributed by atoms with Crippen molar-refractivity contribution in [2.45, 2.75) is 38.6 Å². The van der Waals surface area contributed by atoms with E-state index in [4.69, 9.17) is 0 Å². The van der Waals surface area contributed by atoms with Crippen molar-refractivity contribution in [3.63, 3.8) is 0 Å². The third-order valence-corrected chi connectivity index (χ3v) is 5.05. The maximum atomic E-state index is 12.9. The maximum Gasteiger partial charge on any atom is 0.248 e. The van der Waals surface area contributed by atoms with Crippen molar-refractivity contribution >= 4 is 18.3 Å². The number of hydrogen-bond donors (Lipinski definition) is 1. The molecule has 3 heterocycles. The molecule has 3 rings (SSSR count). The molecule has 0 aliphatic carbocycles. The molecule has 1 aromatic rings. The van der Waals surface area contributed by atoms with Gasteiger partial charge in [-0.25, -0.2) is 0 Å². The monoisotopic (exact) mass is 311 g/mol. The van der Waals surface area contributed by atoms with Crippen LogP contribution in [0.15, 0.2) is 24.5 Å². The van der Waals surface area contributed by atoms with Crippen molar-refractivity contribution in [1.29, 1.82) is 0 Å². The van der Waals surface area contributed by atoms with Gasteiger partial charge in [-0.3, -0.25) is 4.79 Å². The Hall–Kier alpha value is -1.00. The van der Waals surface area contributed by atoms with Crippen LogP contribution in [-0.4, -0.2) is 41.6 Å². The number of nitrogens with one attached hydrogen (secondary N) is 1. The zero-order chi connectivity index (χ0) is 14.2. The summed E-state index contributed by atoms with van der Waals surface area (Å²) in [6.07, 6.45) is 7.56. The molecule has 5 heteroatoms. The first-order valence-electron chi connectivity index (χ1n) is 7.67. The summed E-state index contributed by atoms with van der Waals surface area (Å²) >= 11 is 0. The lowest BCUT2D eigenvalue weighted by molar-refractivity contribution is -0.142. The van der Waals surface area contributed by atoms with Gasteiger partial charge in [0.15, 0.2) is 0 Å². The maximum absolute atomic E-state index is 12.9. The Balaban J connectivity index is 0.00000161. The second-order valence-electron chi connectivity index (χ2n) is 6.91. The average Bonchev–Trinajstić information content (AvgIpc) is 3.10. The van der Waals surface area contributed by atoms with Gasteiger partial charge in [0.05, 0.1) is 0 Å². The SMILES string of the molecule is CC(C)(C(=O)N1CCCC2(CCNC2)C1)n1cccc1.Cl. The van der Waals surface area contributed by atoms with Gasteiger partial charge in [0, 0.05) is 37.4 Å². The predicted octanol–water partition coefficient (Wildman–Crippen LogP) is 2.25. The molecule has 1 unspecified atom stereocenters. The largest absolute Gasteiger partial charge is 0.340 e. The van der Waals surface area contributed by atoms with Crippen LogP contribution >= 0.6 is 12.4 Å². The Morgan fingerprint density at radius 3 is 2.57 bits per heavy atom. The fourth-order valence-electron chi connectivity index (χ4n) is 3.73. The molecular weight excluding hydrogens is 286 g/mol. The lowest BCUT2D eigenvalue weighted by Gasteiger charge is -2.43. The molecule has 1 spiro atoms. The quantitative estimate of drug-likeness (QED) is 0.909. The van der Waals surface area contributed by atoms with Crippen LogP contribution in [0.1, 0.15) is 33.1 Å². The van der Waals surface area contributed by atoms with Gasteiger partial charge in [-0.2, -0.15) is 0 Å². The van der Waals surface area contributed by atoms with Gasteiger partial charge >= 0.3 is 0 Å². The van der Waals surface area contributed by atoms with E-state index in [1.54, 1.807) is 0 Å². The van der Waals surface area contributed by atoms with E-state index < -0.39 is 5.54 Å². The minimum atomic E-state index is -0.492. The van der Waals surface area contributed by atoms with Crippen molar-refractivity contribution in [2.75, 3.05) is 26.2 Å². The zero-order valence-corrected chi connectivity index (χ0v) is 13.8. The Morgan fingerprint density at radius 1 is 1.24 bits per heavy atom. The highest BCUT2D eigenvalue weighted by Gasteiger charge is 2.42. The third kappa shape index (κ3) is 2.97. The van der Waals surface area contributed by atoms with Crippen LogP contribution in [0.5, 0.6) is 0 Å². The molecule has 118 valence electrons. The molecule has 0 radical (unpaired) electrons. The highest BCUT2D eigenvalue weighted by atomic mass is 35.5. The summed E-state index contributed by atoms with van der Waals surface area (Å²) in [5, 5.41) is 3.47. The molecule has 2 fully saturated rings. The first-order valence-corrected chi connectivity index (χ1v) is 7.67. The van der Waals surface area contributed by atoms with Crippen LogP contribution in [0.2, 0.25) is 0 Å². The van der Waals surface area contributed by atoms with Crippen LogP contribution in [-0.2, 0) is 10.3 Å². The molecule has 2 saturated heterocycles. The molecule has 2 aliphatic rings. The van der Waals surface area contributed by atoms with E-state index in [0.29, 0.717) is 5.41 Å². The number of amides is 1. The van der Waals surface area contributed by atoms with Crippen molar-refractivity contribution < 1.29 is 4.79 Å². The fourth-order valence-corrected chi connectivity index (χ4v) is 3.73. The van der Waals surface area contributed by atoms with Crippen molar-refractivity contribution in [3.8, 4) is 0 Å². The van der Waals surface area contributed by atoms with Crippen LogP contribution < -0.4 is 5.32 Å². The van der Waals surface area contributed by atoms with Gasteiger partial charge in [-0.15, -0.1) is 12.4 Å². The van der Waals surface area contributed by atoms with Gasteiger partial charge in [0.1, 0.15) is 5.54 Å². The standard InChI is InChI=1S/C16H25N3O.ClH/c1-15(2,19-10-3-4-11-19)14(20)18-9-5-6-16(13-18)7-8-17-12-16;/h3-4,10-11,17H,5-9,12-13H2,1-2H3;1H. The van der Waals surface area contributed by atoms with Gasteiger partial charge in [-0.1, -0.05) is 0 Å². The summed E-state index contributed by atoms with van der Waals surface area (Å²) in [6, 6.07) is 3.96. The van der Waals surface area contributed by atoms with Gasteiger partial charge in [-0.05, 0) is 51.8 Å². The second kappa shape index (κ2) is 6.01. The van der Waals surface area contributed by atoms with Gasteiger partial charge in [0.2, 0.25) is 5.91 Å². The Bertz CT molecular complexity index is 478. The number of likely N-dealkylation sites (tertiary alicyclic amines) is 1. The summed E-state index contributed by atoms with van der Waals surface area (Å²) in [6.45, 7) is 8.03. The normalized spacial score (nSPS) is 25.9. The van der Waals surface area contributed by atoms with E-state index in [1.807, 2.05) is 42.9 Å². The van der Waals surface area contributed by atoms with Crippen molar-refractivity contribution in [3.05, 3.63) is 24.5 Å². The first-order chi connectivity index (χ1) is 9.54. The Labute approximate surface area is 133 Å². The number of carbonyl (C=O) groups excluding carboxylic acids is 1. The number of piperidine rings is 1. The number of nitrogens with zero attached hydrogens (tertiary/aromatic N) is 2. The Morgan fingerprint density at radius 2 is 1.95 bits per heavy atom. The average molecular weight is 312 g/mol. The van der Waals surface area contributed by atoms with E-state index in [9.17, 15) is 4.79 Å². The molecule has 2 aliphatic heterocycles. The summed E-state index contributed by atoms with van der Waals surface area (Å²) in [4.78, 5) is 15.0. The number of carbonyl (C=O) groups is 1. The van der Waals surface area contributed by atoms with Gasteiger partial charge < -0.3 is 14.8 Å². The highest BCUT2D eigenvalue weighted by molar-refractivity contribution is 5.85. The molecule has 0 saturated carbocycles. The van der Waals surface area contributed by atoms with Crippen LogP contribution in [0.4, 0.5) is 0 Å². The summed E-state index contributed by atoms with van der Waals surface area (Å²) < 4.78 is 2.02. The van der Waals surface area contributed by atoms with Crippen LogP contribution in [0.3, 0.4) is 0 Å². The summed E-state index contributed by atoms with van der Waals surface area (Å²) in [5.74, 6) is 0.250. The minimum absolute atomic E-state index is 0. The van der Waals surface area contributed by atoms with E-state index >= 15 is 0 Å². The van der Waals surface area contributed by atoms with Crippen LogP contribution in [0.25, 0.3) is 0 Å². The second-order valence-corrected chi connectivity index (χ2v) is 6.91. The van der Waals surface area contributed by atoms with Crippen molar-refractivity contribution in [2.24, 2.45) is 5.41 Å². The molecule has 1 aromatic heterocycles. The van der Waals surface area contributed by atoms with E-state index in [-0.39, 0.29) is 18.3 Å². The molecule has 4 nitrogen and oxygen atoms in total. The molecule has 21 heavy (non-hydrogen) atoms. The summed E-state index contributed by atoms with van der Waals surface area (Å²) in [5.41, 5.74) is -0.158. The topological polar surface area (TPSA) is 37.3 Å². The third-order valence-electron chi connectivity index (χ3n) is 5.05. The highest BCUT2D eigenvalue weighted by Crippen LogP contribution is 2.36. The van der Waals surface area contributed by atoms with Crippen molar-refractivity contribution in [1.82, 2.24) is 14.8 Å². The molecular formula is C16H26ClN3O. The number of hydrogen-bond acceptors (Lipinski definition) is 2. The fraction of sp³-hybridized carbons (Fsp3) is 0.688. The minimum Gasteiger partial charge on any atom is -0.340 e. The zero-order valence-electron chi connectivity index (χ0n) is 13.0. The number of aromatic nitrogens is 1. The predicted molar refractivity (Wildman–Crippen MR) is 86.7 cm³/mol. The lowest BCUT2D eigenvalue weighted by Crippen LogP contribution is -2.53. The van der Waals surface area contributed by atoms with E-state index in [2.05, 4.69) is 10.2 Å². The smallest absolute Gasteiger partial charge is 0.248 e. The molecule has 1 amide bonds. The van der Waals surface area contributed by atoms with Crippen LogP contribution in [0, 0.1) is 5.41 Å². The number of rotatable bonds is 2. The molecule has 0 aromatic carbocycles. The Kier molecular flexibility index (Phi) is 4.69. The van der Waals surface area contributed by atoms with E-state index in [1.165, 1.54) is 12.8 Å². The van der Waals surface area contributed by atoms with Gasteiger partial charge in [0.25, 0.3) is 0 Å². The number of halogens is 1. The van der Waals surface area contributed by atoms with E-state index in [0.717, 1.165) is 32.6 Å². The lowest BCUT2D eigenvalue weighted by atomic mass is 9.79. The first kappa shape index (κ1) is 16.4. The molecule has 0 bridgehead atoms. The molecule has 1 N–H and O–H groups in total.